The van der Waals surface area contributed by atoms with E-state index in [1.165, 1.54) is 11.4 Å². The molecule has 0 heterocycles. The van der Waals surface area contributed by atoms with Crippen molar-refractivity contribution in [2.75, 3.05) is 23.7 Å². The van der Waals surface area contributed by atoms with E-state index in [0.717, 1.165) is 11.3 Å². The number of benzene rings is 2. The zero-order valence-electron chi connectivity index (χ0n) is 16.1. The second kappa shape index (κ2) is 8.90. The first kappa shape index (κ1) is 20.8. The smallest absolute Gasteiger partial charge is 0.251 e. The van der Waals surface area contributed by atoms with Crippen molar-refractivity contribution in [2.24, 2.45) is 0 Å². The number of sulfonamides is 1. The van der Waals surface area contributed by atoms with Crippen LogP contribution in [0, 0.1) is 0 Å². The van der Waals surface area contributed by atoms with Gasteiger partial charge in [0.05, 0.1) is 24.1 Å². The maximum atomic E-state index is 12.5. The lowest BCUT2D eigenvalue weighted by Crippen LogP contribution is -2.28. The predicted octanol–water partition coefficient (Wildman–Crippen LogP) is 3.36. The molecule has 2 aromatic rings. The number of nitrogens with zero attached hydrogens (tertiary/aromatic N) is 1. The van der Waals surface area contributed by atoms with Gasteiger partial charge in [-0.1, -0.05) is 12.1 Å². The second-order valence-corrected chi connectivity index (χ2v) is 8.40. The van der Waals surface area contributed by atoms with Crippen molar-refractivity contribution in [1.82, 2.24) is 5.32 Å². The summed E-state index contributed by atoms with van der Waals surface area (Å²) < 4.78 is 30.5. The highest BCUT2D eigenvalue weighted by Crippen LogP contribution is 2.20. The molecule has 1 N–H and O–H groups in total. The van der Waals surface area contributed by atoms with Crippen molar-refractivity contribution in [3.05, 3.63) is 59.7 Å². The summed E-state index contributed by atoms with van der Waals surface area (Å²) in [6.45, 7) is 6.04. The van der Waals surface area contributed by atoms with E-state index in [-0.39, 0.29) is 17.7 Å². The molecule has 0 bridgehead atoms. The Labute approximate surface area is 161 Å². The minimum absolute atomic E-state index is 0.0192. The zero-order chi connectivity index (χ0) is 20.0. The molecule has 1 atom stereocenters. The Hall–Kier alpha value is -2.54. The number of hydrogen-bond acceptors (Lipinski definition) is 4. The van der Waals surface area contributed by atoms with Crippen LogP contribution in [0.25, 0.3) is 0 Å². The van der Waals surface area contributed by atoms with Gasteiger partial charge in [-0.05, 0) is 62.7 Å². The van der Waals surface area contributed by atoms with Crippen LogP contribution in [0.1, 0.15) is 42.7 Å². The number of hydrogen-bond donors (Lipinski definition) is 1. The average molecular weight is 391 g/mol. The standard InChI is InChI=1S/C20H26N2O4S/c1-5-26-19-13-9-16(10-14-19)15(3)21-20(23)17-7-11-18(12-8-17)22(4)27(24,25)6-2/h7-15H,5-6H2,1-4H3,(H,21,23)/t15-/m1/s1. The van der Waals surface area contributed by atoms with Crippen molar-refractivity contribution in [1.29, 1.82) is 0 Å². The highest BCUT2D eigenvalue weighted by Gasteiger charge is 2.17. The van der Waals surface area contributed by atoms with Crippen LogP contribution >= 0.6 is 0 Å². The quantitative estimate of drug-likeness (QED) is 0.750. The van der Waals surface area contributed by atoms with Crippen molar-refractivity contribution in [2.45, 2.75) is 26.8 Å². The molecule has 146 valence electrons. The molecule has 1 amide bonds. The molecule has 2 aromatic carbocycles. The molecule has 2 rings (SSSR count). The average Bonchev–Trinajstić information content (AvgIpc) is 2.68. The van der Waals surface area contributed by atoms with Crippen LogP contribution in [0.5, 0.6) is 5.75 Å². The molecule has 7 heteroatoms. The van der Waals surface area contributed by atoms with Crippen LogP contribution < -0.4 is 14.4 Å². The van der Waals surface area contributed by atoms with Gasteiger partial charge >= 0.3 is 0 Å². The maximum absolute atomic E-state index is 12.5. The van der Waals surface area contributed by atoms with Crippen LogP contribution in [0.4, 0.5) is 5.69 Å². The van der Waals surface area contributed by atoms with Crippen LogP contribution in [0.3, 0.4) is 0 Å². The molecule has 0 aliphatic rings. The topological polar surface area (TPSA) is 75.7 Å². The number of amides is 1. The fourth-order valence-corrected chi connectivity index (χ4v) is 3.39. The van der Waals surface area contributed by atoms with E-state index in [9.17, 15) is 13.2 Å². The molecule has 0 aliphatic carbocycles. The highest BCUT2D eigenvalue weighted by molar-refractivity contribution is 7.92. The van der Waals surface area contributed by atoms with Gasteiger partial charge in [0.1, 0.15) is 5.75 Å². The summed E-state index contributed by atoms with van der Waals surface area (Å²) in [7, 11) is -1.82. The predicted molar refractivity (Wildman–Crippen MR) is 108 cm³/mol. The van der Waals surface area contributed by atoms with Crippen LogP contribution in [-0.4, -0.2) is 33.7 Å². The van der Waals surface area contributed by atoms with E-state index >= 15 is 0 Å². The van der Waals surface area contributed by atoms with Crippen molar-refractivity contribution in [3.63, 3.8) is 0 Å². The molecule has 0 saturated heterocycles. The summed E-state index contributed by atoms with van der Waals surface area (Å²) in [5.74, 6) is 0.594. The summed E-state index contributed by atoms with van der Waals surface area (Å²) in [4.78, 5) is 12.5. The molecule has 0 radical (unpaired) electrons. The summed E-state index contributed by atoms with van der Waals surface area (Å²) >= 11 is 0. The molecule has 0 unspecified atom stereocenters. The van der Waals surface area contributed by atoms with E-state index in [2.05, 4.69) is 5.32 Å². The fraction of sp³-hybridized carbons (Fsp3) is 0.350. The Kier molecular flexibility index (Phi) is 6.85. The van der Waals surface area contributed by atoms with Gasteiger partial charge in [0.2, 0.25) is 10.0 Å². The highest BCUT2D eigenvalue weighted by atomic mass is 32.2. The lowest BCUT2D eigenvalue weighted by Gasteiger charge is -2.19. The Morgan fingerprint density at radius 2 is 1.67 bits per heavy atom. The van der Waals surface area contributed by atoms with E-state index in [1.807, 2.05) is 38.1 Å². The fourth-order valence-electron chi connectivity index (χ4n) is 2.56. The molecular formula is C20H26N2O4S. The Morgan fingerprint density at radius 3 is 2.19 bits per heavy atom. The molecule has 0 saturated carbocycles. The molecule has 6 nitrogen and oxygen atoms in total. The lowest BCUT2D eigenvalue weighted by molar-refractivity contribution is 0.0940. The zero-order valence-corrected chi connectivity index (χ0v) is 16.9. The van der Waals surface area contributed by atoms with Gasteiger partial charge < -0.3 is 10.1 Å². The van der Waals surface area contributed by atoms with Gasteiger partial charge in [0.25, 0.3) is 5.91 Å². The molecule has 27 heavy (non-hydrogen) atoms. The molecule has 0 aliphatic heterocycles. The molecule has 0 aromatic heterocycles. The van der Waals surface area contributed by atoms with Crippen LogP contribution in [-0.2, 0) is 10.0 Å². The largest absolute Gasteiger partial charge is 0.494 e. The number of nitrogens with one attached hydrogen (secondary N) is 1. The summed E-state index contributed by atoms with van der Waals surface area (Å²) in [6.07, 6.45) is 0. The molecule has 0 fully saturated rings. The normalized spacial score (nSPS) is 12.3. The van der Waals surface area contributed by atoms with E-state index in [0.29, 0.717) is 17.9 Å². The van der Waals surface area contributed by atoms with Gasteiger partial charge in [-0.15, -0.1) is 0 Å². The Morgan fingerprint density at radius 1 is 1.07 bits per heavy atom. The third-order valence-corrected chi connectivity index (χ3v) is 6.09. The van der Waals surface area contributed by atoms with Gasteiger partial charge in [-0.25, -0.2) is 8.42 Å². The monoisotopic (exact) mass is 390 g/mol. The van der Waals surface area contributed by atoms with E-state index in [4.69, 9.17) is 4.74 Å². The number of carbonyl (C=O) groups excluding carboxylic acids is 1. The van der Waals surface area contributed by atoms with Crippen LogP contribution in [0.2, 0.25) is 0 Å². The van der Waals surface area contributed by atoms with Crippen molar-refractivity contribution >= 4 is 21.6 Å². The summed E-state index contributed by atoms with van der Waals surface area (Å²) in [5, 5.41) is 2.94. The minimum Gasteiger partial charge on any atom is -0.494 e. The van der Waals surface area contributed by atoms with Gasteiger partial charge in [0, 0.05) is 12.6 Å². The first-order valence-corrected chi connectivity index (χ1v) is 10.5. The number of anilines is 1. The minimum atomic E-state index is -3.32. The molecule has 0 spiro atoms. The Balaban J connectivity index is 2.05. The van der Waals surface area contributed by atoms with E-state index < -0.39 is 10.0 Å². The van der Waals surface area contributed by atoms with E-state index in [1.54, 1.807) is 31.2 Å². The number of carbonyl (C=O) groups is 1. The summed E-state index contributed by atoms with van der Waals surface area (Å²) in [6, 6.07) is 13.9. The number of rotatable bonds is 8. The third kappa shape index (κ3) is 5.23. The third-order valence-electron chi connectivity index (χ3n) is 4.31. The van der Waals surface area contributed by atoms with Gasteiger partial charge in [-0.3, -0.25) is 9.10 Å². The number of ether oxygens (including phenoxy) is 1. The van der Waals surface area contributed by atoms with Crippen molar-refractivity contribution < 1.29 is 17.9 Å². The lowest BCUT2D eigenvalue weighted by atomic mass is 10.1. The first-order chi connectivity index (χ1) is 12.8. The maximum Gasteiger partial charge on any atom is 0.251 e. The van der Waals surface area contributed by atoms with Crippen LogP contribution in [0.15, 0.2) is 48.5 Å². The first-order valence-electron chi connectivity index (χ1n) is 8.88. The summed E-state index contributed by atoms with van der Waals surface area (Å²) in [5.41, 5.74) is 1.96. The van der Waals surface area contributed by atoms with Gasteiger partial charge in [0.15, 0.2) is 0 Å². The van der Waals surface area contributed by atoms with Gasteiger partial charge in [-0.2, -0.15) is 0 Å². The molecular weight excluding hydrogens is 364 g/mol. The SMILES string of the molecule is CCOc1ccc([C@@H](C)NC(=O)c2ccc(N(C)S(=O)(=O)CC)cc2)cc1. The van der Waals surface area contributed by atoms with Crippen molar-refractivity contribution in [3.8, 4) is 5.75 Å². The Bertz CT molecular complexity index is 862. The second-order valence-electron chi connectivity index (χ2n) is 6.11.